The second kappa shape index (κ2) is 8.02. The number of para-hydroxylation sites is 1. The first kappa shape index (κ1) is 19.3. The van der Waals surface area contributed by atoms with Crippen LogP contribution in [0.4, 0.5) is 18.9 Å². The lowest BCUT2D eigenvalue weighted by molar-refractivity contribution is -0.141. The van der Waals surface area contributed by atoms with E-state index in [0.717, 1.165) is 11.8 Å². The van der Waals surface area contributed by atoms with Crippen molar-refractivity contribution in [1.82, 2.24) is 9.78 Å². The van der Waals surface area contributed by atoms with Gasteiger partial charge in [0.15, 0.2) is 5.69 Å². The van der Waals surface area contributed by atoms with Gasteiger partial charge in [0, 0.05) is 17.8 Å². The summed E-state index contributed by atoms with van der Waals surface area (Å²) in [5, 5.41) is 16.2. The van der Waals surface area contributed by atoms with E-state index in [-0.39, 0.29) is 12.4 Å². The van der Waals surface area contributed by atoms with Gasteiger partial charge in [-0.25, -0.2) is 4.68 Å². The Kier molecular flexibility index (Phi) is 5.72. The predicted octanol–water partition coefficient (Wildman–Crippen LogP) is 4.57. The van der Waals surface area contributed by atoms with Crippen LogP contribution in [0.5, 0.6) is 0 Å². The van der Waals surface area contributed by atoms with Gasteiger partial charge in [-0.2, -0.15) is 18.3 Å². The van der Waals surface area contributed by atoms with Crippen LogP contribution in [0.25, 0.3) is 16.9 Å². The first-order chi connectivity index (χ1) is 12.9. The lowest BCUT2D eigenvalue weighted by Gasteiger charge is -2.11. The van der Waals surface area contributed by atoms with Gasteiger partial charge >= 0.3 is 6.18 Å². The van der Waals surface area contributed by atoms with Crippen LogP contribution in [0.15, 0.2) is 60.7 Å². The summed E-state index contributed by atoms with van der Waals surface area (Å²) >= 11 is 5.55. The summed E-state index contributed by atoms with van der Waals surface area (Å²) < 4.78 is 40.8. The molecule has 0 fully saturated rings. The highest BCUT2D eigenvalue weighted by Gasteiger charge is 2.35. The molecule has 0 radical (unpaired) electrons. The maximum absolute atomic E-state index is 13.2. The largest absolute Gasteiger partial charge is 0.435 e. The van der Waals surface area contributed by atoms with Gasteiger partial charge in [0.25, 0.3) is 0 Å². The Balaban J connectivity index is 1.94. The third-order valence-corrected chi connectivity index (χ3v) is 4.26. The van der Waals surface area contributed by atoms with Crippen molar-refractivity contribution >= 4 is 17.3 Å². The van der Waals surface area contributed by atoms with E-state index in [4.69, 9.17) is 11.6 Å². The molecule has 0 saturated heterocycles. The molecule has 1 heterocycles. The number of hydrogen-bond donors (Lipinski definition) is 2. The SMILES string of the molecule is OC(CCl)CNc1ccc(-c2cc(C(F)(F)F)nn2-c2ccccc2)cc1. The molecule has 1 unspecified atom stereocenters. The summed E-state index contributed by atoms with van der Waals surface area (Å²) in [7, 11) is 0. The maximum Gasteiger partial charge on any atom is 0.435 e. The Morgan fingerprint density at radius 1 is 1.07 bits per heavy atom. The van der Waals surface area contributed by atoms with Gasteiger partial charge in [-0.05, 0) is 30.3 Å². The van der Waals surface area contributed by atoms with Gasteiger partial charge in [0.05, 0.1) is 23.4 Å². The molecule has 0 amide bonds. The van der Waals surface area contributed by atoms with Crippen LogP contribution in [-0.4, -0.2) is 33.4 Å². The third kappa shape index (κ3) is 4.61. The fraction of sp³-hybridized carbons (Fsp3) is 0.211. The quantitative estimate of drug-likeness (QED) is 0.601. The molecule has 2 N–H and O–H groups in total. The molecule has 3 rings (SSSR count). The first-order valence-electron chi connectivity index (χ1n) is 8.19. The van der Waals surface area contributed by atoms with Gasteiger partial charge < -0.3 is 10.4 Å². The van der Waals surface area contributed by atoms with Gasteiger partial charge in [0.1, 0.15) is 0 Å². The Hall–Kier alpha value is -2.51. The molecule has 0 bridgehead atoms. The highest BCUT2D eigenvalue weighted by molar-refractivity contribution is 6.18. The van der Waals surface area contributed by atoms with Crippen LogP contribution in [0, 0.1) is 0 Å². The predicted molar refractivity (Wildman–Crippen MR) is 99.2 cm³/mol. The number of nitrogens with one attached hydrogen (secondary N) is 1. The lowest BCUT2D eigenvalue weighted by Crippen LogP contribution is -2.20. The first-order valence-corrected chi connectivity index (χ1v) is 8.73. The van der Waals surface area contributed by atoms with Crippen LogP contribution >= 0.6 is 11.6 Å². The minimum absolute atomic E-state index is 0.113. The van der Waals surface area contributed by atoms with E-state index in [1.165, 1.54) is 4.68 Å². The van der Waals surface area contributed by atoms with Gasteiger partial charge in [-0.15, -0.1) is 11.6 Å². The molecule has 2 aromatic carbocycles. The number of aliphatic hydroxyl groups is 1. The minimum Gasteiger partial charge on any atom is -0.390 e. The van der Waals surface area contributed by atoms with Crippen LogP contribution in [-0.2, 0) is 6.18 Å². The summed E-state index contributed by atoms with van der Waals surface area (Å²) in [6, 6.07) is 16.5. The van der Waals surface area contributed by atoms with Crippen LogP contribution in [0.2, 0.25) is 0 Å². The highest BCUT2D eigenvalue weighted by atomic mass is 35.5. The molecule has 0 aliphatic heterocycles. The van der Waals surface area contributed by atoms with Crippen molar-refractivity contribution in [2.24, 2.45) is 0 Å². The smallest absolute Gasteiger partial charge is 0.390 e. The lowest BCUT2D eigenvalue weighted by atomic mass is 10.1. The number of benzene rings is 2. The van der Waals surface area contributed by atoms with E-state index in [9.17, 15) is 18.3 Å². The van der Waals surface area contributed by atoms with Crippen molar-refractivity contribution in [1.29, 1.82) is 0 Å². The molecule has 1 aromatic heterocycles. The van der Waals surface area contributed by atoms with E-state index < -0.39 is 18.0 Å². The average molecular weight is 396 g/mol. The number of hydrogen-bond acceptors (Lipinski definition) is 3. The zero-order valence-electron chi connectivity index (χ0n) is 14.1. The Bertz CT molecular complexity index is 879. The molecular weight excluding hydrogens is 379 g/mol. The van der Waals surface area contributed by atoms with Crippen molar-refractivity contribution in [3.8, 4) is 16.9 Å². The van der Waals surface area contributed by atoms with Crippen molar-refractivity contribution in [3.05, 3.63) is 66.4 Å². The van der Waals surface area contributed by atoms with E-state index in [1.807, 2.05) is 0 Å². The molecule has 0 aliphatic rings. The monoisotopic (exact) mass is 395 g/mol. The standard InChI is InChI=1S/C19H17ClF3N3O/c20-11-16(27)12-24-14-8-6-13(7-9-14)17-10-18(19(21,22)23)25-26(17)15-4-2-1-3-5-15/h1-10,16,24,27H,11-12H2. The average Bonchev–Trinajstić information content (AvgIpc) is 3.13. The second-order valence-corrected chi connectivity index (χ2v) is 6.23. The minimum atomic E-state index is -4.53. The summed E-state index contributed by atoms with van der Waals surface area (Å²) in [6.07, 6.45) is -5.21. The van der Waals surface area contributed by atoms with E-state index in [2.05, 4.69) is 10.4 Å². The van der Waals surface area contributed by atoms with E-state index in [0.29, 0.717) is 16.9 Å². The highest BCUT2D eigenvalue weighted by Crippen LogP contribution is 2.33. The molecule has 1 atom stereocenters. The van der Waals surface area contributed by atoms with Crippen LogP contribution < -0.4 is 5.32 Å². The van der Waals surface area contributed by atoms with E-state index in [1.54, 1.807) is 54.6 Å². The van der Waals surface area contributed by atoms with Crippen LogP contribution in [0.3, 0.4) is 0 Å². The number of halogens is 4. The Morgan fingerprint density at radius 3 is 2.33 bits per heavy atom. The van der Waals surface area contributed by atoms with Gasteiger partial charge in [0.2, 0.25) is 0 Å². The maximum atomic E-state index is 13.2. The topological polar surface area (TPSA) is 50.1 Å². The van der Waals surface area contributed by atoms with Gasteiger partial charge in [-0.3, -0.25) is 0 Å². The van der Waals surface area contributed by atoms with Crippen LogP contribution in [0.1, 0.15) is 5.69 Å². The molecule has 142 valence electrons. The normalized spacial score (nSPS) is 12.8. The van der Waals surface area contributed by atoms with Crippen molar-refractivity contribution in [2.75, 3.05) is 17.7 Å². The molecule has 4 nitrogen and oxygen atoms in total. The summed E-state index contributed by atoms with van der Waals surface area (Å²) in [6.45, 7) is 0.281. The molecule has 3 aromatic rings. The number of rotatable bonds is 6. The number of aliphatic hydroxyl groups excluding tert-OH is 1. The number of alkyl halides is 4. The summed E-state index contributed by atoms with van der Waals surface area (Å²) in [5.74, 6) is 0.113. The number of aromatic nitrogens is 2. The molecule has 0 saturated carbocycles. The summed E-state index contributed by atoms with van der Waals surface area (Å²) in [4.78, 5) is 0. The van der Waals surface area contributed by atoms with E-state index >= 15 is 0 Å². The Labute approximate surface area is 159 Å². The molecule has 27 heavy (non-hydrogen) atoms. The van der Waals surface area contributed by atoms with Crippen molar-refractivity contribution in [2.45, 2.75) is 12.3 Å². The van der Waals surface area contributed by atoms with Gasteiger partial charge in [-0.1, -0.05) is 30.3 Å². The summed E-state index contributed by atoms with van der Waals surface area (Å²) in [5.41, 5.74) is 1.24. The fourth-order valence-electron chi connectivity index (χ4n) is 2.54. The zero-order chi connectivity index (χ0) is 19.4. The zero-order valence-corrected chi connectivity index (χ0v) is 14.9. The number of anilines is 1. The third-order valence-electron chi connectivity index (χ3n) is 3.90. The number of nitrogens with zero attached hydrogens (tertiary/aromatic N) is 2. The van der Waals surface area contributed by atoms with Crippen molar-refractivity contribution < 1.29 is 18.3 Å². The van der Waals surface area contributed by atoms with Crippen molar-refractivity contribution in [3.63, 3.8) is 0 Å². The molecule has 8 heteroatoms. The fourth-order valence-corrected chi connectivity index (χ4v) is 2.65. The Morgan fingerprint density at radius 2 is 1.74 bits per heavy atom. The molecule has 0 spiro atoms. The molecular formula is C19H17ClF3N3O. The molecule has 0 aliphatic carbocycles. The second-order valence-electron chi connectivity index (χ2n) is 5.93.